The molecule has 1 saturated carbocycles. The molecule has 2 fully saturated rings. The van der Waals surface area contributed by atoms with Crippen molar-refractivity contribution in [2.45, 2.75) is 31.8 Å². The number of ether oxygens (including phenoxy) is 2. The second-order valence-corrected chi connectivity index (χ2v) is 6.72. The molecule has 1 aromatic rings. The van der Waals surface area contributed by atoms with Gasteiger partial charge < -0.3 is 14.8 Å². The number of nitrogens with one attached hydrogen (secondary N) is 1. The molecule has 2 heterocycles. The van der Waals surface area contributed by atoms with Crippen LogP contribution in [0.2, 0.25) is 0 Å². The zero-order chi connectivity index (χ0) is 15.1. The molecule has 118 valence electrons. The summed E-state index contributed by atoms with van der Waals surface area (Å²) in [6.07, 6.45) is 3.00. The maximum Gasteiger partial charge on any atom is 0.231 e. The second-order valence-electron chi connectivity index (χ2n) is 6.72. The Morgan fingerprint density at radius 3 is 3.05 bits per heavy atom. The van der Waals surface area contributed by atoms with Gasteiger partial charge in [-0.2, -0.15) is 0 Å². The fraction of sp³-hybridized carbons (Fsp3) is 0.588. The van der Waals surface area contributed by atoms with Crippen LogP contribution in [0.5, 0.6) is 11.5 Å². The van der Waals surface area contributed by atoms with E-state index in [2.05, 4.69) is 23.3 Å². The van der Waals surface area contributed by atoms with Gasteiger partial charge in [0.25, 0.3) is 0 Å². The Morgan fingerprint density at radius 1 is 1.27 bits per heavy atom. The van der Waals surface area contributed by atoms with Gasteiger partial charge in [0.2, 0.25) is 12.7 Å². The van der Waals surface area contributed by atoms with Crippen LogP contribution in [0.3, 0.4) is 0 Å². The van der Waals surface area contributed by atoms with Crippen molar-refractivity contribution in [3.8, 4) is 11.5 Å². The third-order valence-corrected chi connectivity index (χ3v) is 5.35. The lowest BCUT2D eigenvalue weighted by molar-refractivity contribution is -0.124. The third kappa shape index (κ3) is 2.43. The quantitative estimate of drug-likeness (QED) is 0.924. The van der Waals surface area contributed by atoms with Gasteiger partial charge in [-0.3, -0.25) is 9.69 Å². The number of amides is 1. The molecule has 0 unspecified atom stereocenters. The number of hydrogen-bond donors (Lipinski definition) is 1. The van der Waals surface area contributed by atoms with Crippen LogP contribution in [0.15, 0.2) is 18.2 Å². The van der Waals surface area contributed by atoms with Crippen LogP contribution in [0, 0.1) is 11.8 Å². The first-order valence-electron chi connectivity index (χ1n) is 8.05. The first kappa shape index (κ1) is 13.9. The number of carbonyl (C=O) groups excluding carboxylic acids is 1. The van der Waals surface area contributed by atoms with E-state index in [9.17, 15) is 4.79 Å². The van der Waals surface area contributed by atoms with Crippen molar-refractivity contribution in [3.05, 3.63) is 23.8 Å². The highest BCUT2D eigenvalue weighted by atomic mass is 16.7. The number of rotatable bonds is 3. The van der Waals surface area contributed by atoms with Crippen LogP contribution in [-0.2, 0) is 11.3 Å². The van der Waals surface area contributed by atoms with E-state index in [1.165, 1.54) is 12.0 Å². The molecule has 4 rings (SSSR count). The summed E-state index contributed by atoms with van der Waals surface area (Å²) in [5.74, 6) is 3.16. The van der Waals surface area contributed by atoms with E-state index in [1.807, 2.05) is 12.1 Å². The highest BCUT2D eigenvalue weighted by Crippen LogP contribution is 2.40. The number of para-hydroxylation sites is 1. The maximum atomic E-state index is 11.5. The van der Waals surface area contributed by atoms with Crippen molar-refractivity contribution in [3.63, 3.8) is 0 Å². The minimum atomic E-state index is 0.219. The Morgan fingerprint density at radius 2 is 2.14 bits per heavy atom. The van der Waals surface area contributed by atoms with Gasteiger partial charge in [0.1, 0.15) is 0 Å². The van der Waals surface area contributed by atoms with Gasteiger partial charge in [-0.05, 0) is 37.8 Å². The molecule has 0 aromatic heterocycles. The molecule has 3 atom stereocenters. The van der Waals surface area contributed by atoms with Gasteiger partial charge in [0, 0.05) is 31.1 Å². The highest BCUT2D eigenvalue weighted by Gasteiger charge is 2.39. The highest BCUT2D eigenvalue weighted by molar-refractivity contribution is 5.77. The van der Waals surface area contributed by atoms with E-state index >= 15 is 0 Å². The fourth-order valence-electron chi connectivity index (χ4n) is 4.11. The number of benzene rings is 1. The summed E-state index contributed by atoms with van der Waals surface area (Å²) in [5, 5.41) is 3.00. The summed E-state index contributed by atoms with van der Waals surface area (Å²) in [6.45, 7) is 2.03. The summed E-state index contributed by atoms with van der Waals surface area (Å²) in [5.41, 5.74) is 1.18. The fourth-order valence-corrected chi connectivity index (χ4v) is 4.11. The van der Waals surface area contributed by atoms with Crippen LogP contribution in [-0.4, -0.2) is 37.2 Å². The normalized spacial score (nSPS) is 29.5. The molecule has 22 heavy (non-hydrogen) atoms. The van der Waals surface area contributed by atoms with E-state index in [1.54, 1.807) is 0 Å². The minimum absolute atomic E-state index is 0.219. The van der Waals surface area contributed by atoms with E-state index < -0.39 is 0 Å². The molecule has 2 aliphatic heterocycles. The first-order valence-corrected chi connectivity index (χ1v) is 8.05. The molecule has 1 saturated heterocycles. The number of hydrogen-bond acceptors (Lipinski definition) is 4. The molecule has 1 N–H and O–H groups in total. The van der Waals surface area contributed by atoms with Gasteiger partial charge in [-0.25, -0.2) is 0 Å². The van der Waals surface area contributed by atoms with Crippen molar-refractivity contribution in [2.75, 3.05) is 20.4 Å². The standard InChI is InChI=1S/C17H22N2O3/c1-19(9-11-3-2-4-15-17(11)22-10-21-15)14-5-12-7-16(20)18-8-13(12)6-14/h2-4,12-14H,5-10H2,1H3,(H,18,20)/t12-,13+,14-/m0/s1. The number of piperidine rings is 1. The molecule has 0 spiro atoms. The van der Waals surface area contributed by atoms with Crippen LogP contribution in [0.25, 0.3) is 0 Å². The molecule has 5 nitrogen and oxygen atoms in total. The van der Waals surface area contributed by atoms with E-state index in [4.69, 9.17) is 9.47 Å². The van der Waals surface area contributed by atoms with Crippen LogP contribution < -0.4 is 14.8 Å². The Bertz CT molecular complexity index is 589. The van der Waals surface area contributed by atoms with Crippen molar-refractivity contribution in [1.82, 2.24) is 10.2 Å². The van der Waals surface area contributed by atoms with Gasteiger partial charge in [-0.15, -0.1) is 0 Å². The summed E-state index contributed by atoms with van der Waals surface area (Å²) in [6, 6.07) is 6.62. The van der Waals surface area contributed by atoms with Crippen molar-refractivity contribution < 1.29 is 14.3 Å². The zero-order valence-corrected chi connectivity index (χ0v) is 12.9. The second kappa shape index (κ2) is 5.47. The van der Waals surface area contributed by atoms with Gasteiger partial charge in [-0.1, -0.05) is 12.1 Å². The molecule has 1 aliphatic carbocycles. The monoisotopic (exact) mass is 302 g/mol. The molecule has 5 heteroatoms. The third-order valence-electron chi connectivity index (χ3n) is 5.35. The smallest absolute Gasteiger partial charge is 0.231 e. The van der Waals surface area contributed by atoms with Crippen LogP contribution in [0.1, 0.15) is 24.8 Å². The number of fused-ring (bicyclic) bond motifs is 2. The predicted octanol–water partition coefficient (Wildman–Crippen LogP) is 1.76. The Kier molecular flexibility index (Phi) is 3.45. The predicted molar refractivity (Wildman–Crippen MR) is 81.7 cm³/mol. The number of carbonyl (C=O) groups is 1. The average molecular weight is 302 g/mol. The molecule has 0 radical (unpaired) electrons. The molecular weight excluding hydrogens is 280 g/mol. The summed E-state index contributed by atoms with van der Waals surface area (Å²) < 4.78 is 11.0. The SMILES string of the molecule is CN(Cc1cccc2c1OCO2)[C@H]1C[C@H]2CC(=O)NC[C@H]2C1. The first-order chi connectivity index (χ1) is 10.7. The minimum Gasteiger partial charge on any atom is -0.454 e. The van der Waals surface area contributed by atoms with Crippen LogP contribution in [0.4, 0.5) is 0 Å². The lowest BCUT2D eigenvalue weighted by Gasteiger charge is -2.25. The Hall–Kier alpha value is -1.75. The van der Waals surface area contributed by atoms with Gasteiger partial charge in [0.05, 0.1) is 0 Å². The Balaban J connectivity index is 1.44. The van der Waals surface area contributed by atoms with Crippen molar-refractivity contribution in [1.29, 1.82) is 0 Å². The largest absolute Gasteiger partial charge is 0.454 e. The topological polar surface area (TPSA) is 50.8 Å². The summed E-state index contributed by atoms with van der Waals surface area (Å²) >= 11 is 0. The lowest BCUT2D eigenvalue weighted by atomic mass is 9.89. The lowest BCUT2D eigenvalue weighted by Crippen LogP contribution is -2.38. The van der Waals surface area contributed by atoms with Crippen LogP contribution >= 0.6 is 0 Å². The van der Waals surface area contributed by atoms with Crippen molar-refractivity contribution >= 4 is 5.91 Å². The molecule has 0 bridgehead atoms. The van der Waals surface area contributed by atoms with E-state index in [-0.39, 0.29) is 5.91 Å². The van der Waals surface area contributed by atoms with Gasteiger partial charge in [0.15, 0.2) is 11.5 Å². The van der Waals surface area contributed by atoms with Crippen molar-refractivity contribution in [2.24, 2.45) is 11.8 Å². The van der Waals surface area contributed by atoms with Gasteiger partial charge >= 0.3 is 0 Å². The number of nitrogens with zero attached hydrogens (tertiary/aromatic N) is 1. The van der Waals surface area contributed by atoms with E-state index in [0.717, 1.165) is 31.0 Å². The molecule has 1 aromatic carbocycles. The Labute approximate surface area is 130 Å². The average Bonchev–Trinajstić information content (AvgIpc) is 3.13. The summed E-state index contributed by atoms with van der Waals surface area (Å²) in [7, 11) is 2.17. The maximum absolute atomic E-state index is 11.5. The molecule has 1 amide bonds. The zero-order valence-electron chi connectivity index (χ0n) is 12.9. The molecular formula is C17H22N2O3. The molecule has 3 aliphatic rings. The van der Waals surface area contributed by atoms with E-state index in [0.29, 0.717) is 31.1 Å². The summed E-state index contributed by atoms with van der Waals surface area (Å²) in [4.78, 5) is 13.9.